The lowest BCUT2D eigenvalue weighted by atomic mass is 10.1. The SMILES string of the molecule is Cc1cc(S(=O)(=O)N(C)C2CCNC2)cc(C)c1F.Cl. The third kappa shape index (κ3) is 3.14. The van der Waals surface area contributed by atoms with E-state index in [1.165, 1.54) is 16.4 Å². The second-order valence-corrected chi connectivity index (χ2v) is 7.04. The van der Waals surface area contributed by atoms with Gasteiger partial charge in [-0.3, -0.25) is 0 Å². The maximum absolute atomic E-state index is 13.6. The number of halogens is 2. The van der Waals surface area contributed by atoms with E-state index in [1.54, 1.807) is 20.9 Å². The summed E-state index contributed by atoms with van der Waals surface area (Å²) in [7, 11) is -1.97. The topological polar surface area (TPSA) is 49.4 Å². The Bertz CT molecular complexity index is 563. The molecule has 4 nitrogen and oxygen atoms in total. The van der Waals surface area contributed by atoms with Crippen LogP contribution in [0.4, 0.5) is 4.39 Å². The molecule has 20 heavy (non-hydrogen) atoms. The van der Waals surface area contributed by atoms with Crippen molar-refractivity contribution in [3.63, 3.8) is 0 Å². The summed E-state index contributed by atoms with van der Waals surface area (Å²) in [5.41, 5.74) is 0.716. The molecule has 1 aromatic rings. The quantitative estimate of drug-likeness (QED) is 0.924. The van der Waals surface area contributed by atoms with E-state index >= 15 is 0 Å². The standard InChI is InChI=1S/C13H19FN2O2S.ClH/c1-9-6-12(7-10(2)13(9)14)19(17,18)16(3)11-4-5-15-8-11;/h6-7,11,15H,4-5,8H2,1-3H3;1H. The molecule has 0 saturated carbocycles. The highest BCUT2D eigenvalue weighted by atomic mass is 35.5. The Hall–Kier alpha value is -0.690. The summed E-state index contributed by atoms with van der Waals surface area (Å²) in [4.78, 5) is 0.165. The molecule has 114 valence electrons. The van der Waals surface area contributed by atoms with Crippen molar-refractivity contribution in [1.82, 2.24) is 9.62 Å². The van der Waals surface area contributed by atoms with Crippen molar-refractivity contribution >= 4 is 22.4 Å². The lowest BCUT2D eigenvalue weighted by molar-refractivity contribution is 0.387. The number of hydrogen-bond donors (Lipinski definition) is 1. The number of hydrogen-bond acceptors (Lipinski definition) is 3. The lowest BCUT2D eigenvalue weighted by Crippen LogP contribution is -2.38. The van der Waals surface area contributed by atoms with Gasteiger partial charge in [0.1, 0.15) is 5.82 Å². The van der Waals surface area contributed by atoms with Crippen LogP contribution in [0.2, 0.25) is 0 Å². The Balaban J connectivity index is 0.00000200. The molecule has 0 aliphatic carbocycles. The third-order valence-electron chi connectivity index (χ3n) is 3.64. The van der Waals surface area contributed by atoms with Gasteiger partial charge in [0.25, 0.3) is 0 Å². The minimum absolute atomic E-state index is 0. The Morgan fingerprint density at radius 1 is 1.30 bits per heavy atom. The van der Waals surface area contributed by atoms with Crippen LogP contribution in [0.3, 0.4) is 0 Å². The van der Waals surface area contributed by atoms with E-state index in [2.05, 4.69) is 5.32 Å². The molecule has 0 spiro atoms. The van der Waals surface area contributed by atoms with Crippen molar-refractivity contribution in [2.24, 2.45) is 0 Å². The van der Waals surface area contributed by atoms with Crippen molar-refractivity contribution in [2.45, 2.75) is 31.2 Å². The Morgan fingerprint density at radius 3 is 2.30 bits per heavy atom. The predicted octanol–water partition coefficient (Wildman–Crippen LogP) is 1.85. The highest BCUT2D eigenvalue weighted by molar-refractivity contribution is 7.89. The molecule has 0 radical (unpaired) electrons. The molecule has 7 heteroatoms. The number of aryl methyl sites for hydroxylation is 2. The summed E-state index contributed by atoms with van der Waals surface area (Å²) in [6.07, 6.45) is 0.800. The summed E-state index contributed by atoms with van der Waals surface area (Å²) < 4.78 is 40.0. The smallest absolute Gasteiger partial charge is 0.243 e. The van der Waals surface area contributed by atoms with Crippen LogP contribution in [0.5, 0.6) is 0 Å². The van der Waals surface area contributed by atoms with Crippen molar-refractivity contribution in [2.75, 3.05) is 20.1 Å². The second-order valence-electron chi connectivity index (χ2n) is 5.04. The maximum Gasteiger partial charge on any atom is 0.243 e. The molecule has 1 atom stereocenters. The molecule has 1 N–H and O–H groups in total. The number of rotatable bonds is 3. The lowest BCUT2D eigenvalue weighted by Gasteiger charge is -2.23. The first-order valence-corrected chi connectivity index (χ1v) is 7.73. The van der Waals surface area contributed by atoms with Crippen LogP contribution >= 0.6 is 12.4 Å². The van der Waals surface area contributed by atoms with Gasteiger partial charge in [0.2, 0.25) is 10.0 Å². The van der Waals surface area contributed by atoms with Crippen LogP contribution in [0, 0.1) is 19.7 Å². The van der Waals surface area contributed by atoms with Crippen molar-refractivity contribution in [1.29, 1.82) is 0 Å². The van der Waals surface area contributed by atoms with E-state index in [0.29, 0.717) is 17.7 Å². The van der Waals surface area contributed by atoms with Crippen molar-refractivity contribution in [3.8, 4) is 0 Å². The second kappa shape index (κ2) is 6.39. The van der Waals surface area contributed by atoms with Gasteiger partial charge in [-0.15, -0.1) is 12.4 Å². The van der Waals surface area contributed by atoms with E-state index in [9.17, 15) is 12.8 Å². The molecule has 2 rings (SSSR count). The average molecular weight is 323 g/mol. The Labute approximate surface area is 125 Å². The van der Waals surface area contributed by atoms with Gasteiger partial charge in [0.15, 0.2) is 0 Å². The van der Waals surface area contributed by atoms with Crippen LogP contribution in [0.1, 0.15) is 17.5 Å². The van der Waals surface area contributed by atoms with E-state index < -0.39 is 10.0 Å². The van der Waals surface area contributed by atoms with Gasteiger partial charge in [0.05, 0.1) is 4.90 Å². The Kier molecular flexibility index (Phi) is 5.54. The van der Waals surface area contributed by atoms with Crippen LogP contribution in [0.15, 0.2) is 17.0 Å². The molecule has 1 unspecified atom stereocenters. The molecule has 1 saturated heterocycles. The summed E-state index contributed by atoms with van der Waals surface area (Å²) in [5, 5.41) is 3.14. The molecular formula is C13H20ClFN2O2S. The number of nitrogens with zero attached hydrogens (tertiary/aromatic N) is 1. The van der Waals surface area contributed by atoms with E-state index in [4.69, 9.17) is 0 Å². The molecule has 0 aromatic heterocycles. The van der Waals surface area contributed by atoms with Crippen molar-refractivity contribution < 1.29 is 12.8 Å². The summed E-state index contributed by atoms with van der Waals surface area (Å²) in [6.45, 7) is 4.65. The van der Waals surface area contributed by atoms with Crippen LogP contribution in [-0.4, -0.2) is 38.9 Å². The minimum Gasteiger partial charge on any atom is -0.315 e. The summed E-state index contributed by atoms with van der Waals surface area (Å²) >= 11 is 0. The largest absolute Gasteiger partial charge is 0.315 e. The highest BCUT2D eigenvalue weighted by Crippen LogP contribution is 2.23. The van der Waals surface area contributed by atoms with Gasteiger partial charge >= 0.3 is 0 Å². The van der Waals surface area contributed by atoms with E-state index in [-0.39, 0.29) is 29.2 Å². The first-order valence-electron chi connectivity index (χ1n) is 6.29. The van der Waals surface area contributed by atoms with Crippen LogP contribution in [-0.2, 0) is 10.0 Å². The zero-order chi connectivity index (χ0) is 14.2. The number of sulfonamides is 1. The van der Waals surface area contributed by atoms with Gasteiger partial charge in [-0.1, -0.05) is 0 Å². The highest BCUT2D eigenvalue weighted by Gasteiger charge is 2.30. The van der Waals surface area contributed by atoms with Gasteiger partial charge in [-0.25, -0.2) is 12.8 Å². The van der Waals surface area contributed by atoms with Gasteiger partial charge in [-0.2, -0.15) is 4.31 Å². The van der Waals surface area contributed by atoms with Crippen LogP contribution in [0.25, 0.3) is 0 Å². The van der Waals surface area contributed by atoms with Gasteiger partial charge in [0, 0.05) is 19.6 Å². The fraction of sp³-hybridized carbons (Fsp3) is 0.538. The average Bonchev–Trinajstić information content (AvgIpc) is 2.87. The molecule has 1 heterocycles. The molecule has 0 bridgehead atoms. The van der Waals surface area contributed by atoms with Gasteiger partial charge < -0.3 is 5.32 Å². The first-order chi connectivity index (χ1) is 8.84. The number of benzene rings is 1. The van der Waals surface area contributed by atoms with E-state index in [0.717, 1.165) is 13.0 Å². The summed E-state index contributed by atoms with van der Waals surface area (Å²) in [6, 6.07) is 2.77. The fourth-order valence-electron chi connectivity index (χ4n) is 2.37. The molecule has 1 fully saturated rings. The fourth-order valence-corrected chi connectivity index (χ4v) is 3.92. The van der Waals surface area contributed by atoms with E-state index in [1.807, 2.05) is 0 Å². The number of likely N-dealkylation sites (N-methyl/N-ethyl adjacent to an activating group) is 1. The normalized spacial score (nSPS) is 19.1. The third-order valence-corrected chi connectivity index (χ3v) is 5.52. The maximum atomic E-state index is 13.6. The monoisotopic (exact) mass is 322 g/mol. The first kappa shape index (κ1) is 17.4. The molecule has 1 aliphatic heterocycles. The van der Waals surface area contributed by atoms with Crippen molar-refractivity contribution in [3.05, 3.63) is 29.1 Å². The molecule has 0 amide bonds. The molecule has 1 aliphatic rings. The zero-order valence-corrected chi connectivity index (χ0v) is 13.4. The molecule has 1 aromatic carbocycles. The van der Waals surface area contributed by atoms with Crippen LogP contribution < -0.4 is 5.32 Å². The van der Waals surface area contributed by atoms with Gasteiger partial charge in [-0.05, 0) is 50.1 Å². The Morgan fingerprint density at radius 2 is 1.85 bits per heavy atom. The zero-order valence-electron chi connectivity index (χ0n) is 11.8. The molecular weight excluding hydrogens is 303 g/mol. The predicted molar refractivity (Wildman–Crippen MR) is 79.3 cm³/mol. The minimum atomic E-state index is -3.56. The number of nitrogens with one attached hydrogen (secondary N) is 1. The summed E-state index contributed by atoms with van der Waals surface area (Å²) in [5.74, 6) is -0.343.